The van der Waals surface area contributed by atoms with Crippen LogP contribution in [0, 0.1) is 19.8 Å². The Morgan fingerprint density at radius 3 is 2.32 bits per heavy atom. The molecular formula is C25H26N2O2S2. The van der Waals surface area contributed by atoms with Gasteiger partial charge >= 0.3 is 0 Å². The summed E-state index contributed by atoms with van der Waals surface area (Å²) in [6.45, 7) is 5.49. The molecule has 1 aliphatic rings. The molecule has 1 fully saturated rings. The van der Waals surface area contributed by atoms with Gasteiger partial charge in [0, 0.05) is 34.5 Å². The van der Waals surface area contributed by atoms with Gasteiger partial charge in [-0.2, -0.15) is 0 Å². The Labute approximate surface area is 191 Å². The zero-order valence-electron chi connectivity index (χ0n) is 17.8. The first-order valence-electron chi connectivity index (χ1n) is 10.5. The molecule has 6 heteroatoms. The normalized spacial score (nSPS) is 14.5. The molecule has 3 aromatic rings. The van der Waals surface area contributed by atoms with Gasteiger partial charge in [-0.15, -0.1) is 11.3 Å². The number of thiophene rings is 1. The molecule has 0 saturated carbocycles. The van der Waals surface area contributed by atoms with E-state index in [2.05, 4.69) is 37.4 Å². The van der Waals surface area contributed by atoms with E-state index in [4.69, 9.17) is 0 Å². The van der Waals surface area contributed by atoms with Crippen LogP contribution in [0.3, 0.4) is 0 Å². The summed E-state index contributed by atoms with van der Waals surface area (Å²) in [4.78, 5) is 30.1. The molecule has 0 bridgehead atoms. The predicted molar refractivity (Wildman–Crippen MR) is 128 cm³/mol. The van der Waals surface area contributed by atoms with Gasteiger partial charge in [-0.1, -0.05) is 23.9 Å². The smallest absolute Gasteiger partial charge is 0.263 e. The second-order valence-electron chi connectivity index (χ2n) is 7.91. The van der Waals surface area contributed by atoms with E-state index < -0.39 is 0 Å². The van der Waals surface area contributed by atoms with Crippen LogP contribution in [0.4, 0.5) is 5.69 Å². The Balaban J connectivity index is 1.29. The lowest BCUT2D eigenvalue weighted by Crippen LogP contribution is -2.41. The first-order valence-corrected chi connectivity index (χ1v) is 12.2. The third-order valence-electron chi connectivity index (χ3n) is 5.72. The van der Waals surface area contributed by atoms with Crippen molar-refractivity contribution in [2.45, 2.75) is 36.5 Å². The molecule has 2 aromatic carbocycles. The van der Waals surface area contributed by atoms with E-state index in [1.165, 1.54) is 27.4 Å². The predicted octanol–water partition coefficient (Wildman–Crippen LogP) is 6.01. The van der Waals surface area contributed by atoms with E-state index in [9.17, 15) is 9.59 Å². The lowest BCUT2D eigenvalue weighted by molar-refractivity contribution is -0.121. The Morgan fingerprint density at radius 2 is 1.68 bits per heavy atom. The number of amides is 2. The number of hydrogen-bond donors (Lipinski definition) is 1. The Bertz CT molecular complexity index is 1050. The molecule has 31 heavy (non-hydrogen) atoms. The summed E-state index contributed by atoms with van der Waals surface area (Å²) < 4.78 is 0. The topological polar surface area (TPSA) is 49.4 Å². The fourth-order valence-electron chi connectivity index (χ4n) is 3.66. The Morgan fingerprint density at radius 1 is 0.968 bits per heavy atom. The van der Waals surface area contributed by atoms with E-state index in [-0.39, 0.29) is 17.7 Å². The average Bonchev–Trinajstić information content (AvgIpc) is 3.32. The average molecular weight is 451 g/mol. The molecule has 2 heterocycles. The molecule has 0 spiro atoms. The minimum Gasteiger partial charge on any atom is -0.338 e. The van der Waals surface area contributed by atoms with Crippen molar-refractivity contribution in [1.82, 2.24) is 4.90 Å². The van der Waals surface area contributed by atoms with Crippen molar-refractivity contribution in [2.75, 3.05) is 18.4 Å². The molecular weight excluding hydrogens is 424 g/mol. The number of likely N-dealkylation sites (tertiary alicyclic amines) is 1. The second-order valence-corrected chi connectivity index (χ2v) is 10.0. The van der Waals surface area contributed by atoms with Crippen LogP contribution in [0.15, 0.2) is 69.8 Å². The molecule has 0 unspecified atom stereocenters. The van der Waals surface area contributed by atoms with Crippen LogP contribution in [-0.4, -0.2) is 29.8 Å². The van der Waals surface area contributed by atoms with Crippen LogP contribution >= 0.6 is 23.1 Å². The number of carbonyl (C=O) groups excluding carboxylic acids is 2. The summed E-state index contributed by atoms with van der Waals surface area (Å²) >= 11 is 3.18. The summed E-state index contributed by atoms with van der Waals surface area (Å²) in [7, 11) is 0. The van der Waals surface area contributed by atoms with Crippen molar-refractivity contribution in [3.05, 3.63) is 76.0 Å². The first kappa shape index (κ1) is 21.7. The van der Waals surface area contributed by atoms with Gasteiger partial charge in [-0.05, 0) is 85.7 Å². The lowest BCUT2D eigenvalue weighted by atomic mass is 9.95. The number of carbonyl (C=O) groups is 2. The molecule has 1 aromatic heterocycles. The third-order valence-corrected chi connectivity index (χ3v) is 7.58. The fraction of sp³-hybridized carbons (Fsp3) is 0.280. The molecule has 1 N–H and O–H groups in total. The van der Waals surface area contributed by atoms with Crippen LogP contribution in [0.2, 0.25) is 0 Å². The van der Waals surface area contributed by atoms with Crippen LogP contribution in [-0.2, 0) is 4.79 Å². The summed E-state index contributed by atoms with van der Waals surface area (Å²) in [5, 5.41) is 4.96. The second kappa shape index (κ2) is 9.71. The molecule has 1 aliphatic heterocycles. The maximum Gasteiger partial charge on any atom is 0.263 e. The van der Waals surface area contributed by atoms with Crippen LogP contribution < -0.4 is 5.32 Å². The van der Waals surface area contributed by atoms with Crippen molar-refractivity contribution < 1.29 is 9.59 Å². The van der Waals surface area contributed by atoms with E-state index in [1.807, 2.05) is 46.7 Å². The minimum atomic E-state index is -0.0584. The van der Waals surface area contributed by atoms with E-state index in [0.29, 0.717) is 25.9 Å². The van der Waals surface area contributed by atoms with Gasteiger partial charge < -0.3 is 10.2 Å². The first-order chi connectivity index (χ1) is 15.0. The number of aryl methyl sites for hydroxylation is 2. The van der Waals surface area contributed by atoms with Crippen LogP contribution in [0.1, 0.15) is 33.6 Å². The number of hydrogen-bond acceptors (Lipinski definition) is 4. The zero-order valence-corrected chi connectivity index (χ0v) is 19.4. The van der Waals surface area contributed by atoms with Crippen molar-refractivity contribution in [2.24, 2.45) is 5.92 Å². The largest absolute Gasteiger partial charge is 0.338 e. The molecule has 2 amide bonds. The summed E-state index contributed by atoms with van der Waals surface area (Å²) in [6.07, 6.45) is 1.40. The number of benzene rings is 2. The van der Waals surface area contributed by atoms with Gasteiger partial charge in [0.25, 0.3) is 5.91 Å². The molecule has 4 rings (SSSR count). The highest BCUT2D eigenvalue weighted by Gasteiger charge is 2.28. The number of rotatable bonds is 5. The van der Waals surface area contributed by atoms with Crippen molar-refractivity contribution in [3.63, 3.8) is 0 Å². The van der Waals surface area contributed by atoms with Gasteiger partial charge in [0.15, 0.2) is 0 Å². The Hall–Kier alpha value is -2.57. The highest BCUT2D eigenvalue weighted by atomic mass is 32.2. The van der Waals surface area contributed by atoms with Gasteiger partial charge in [-0.25, -0.2) is 0 Å². The molecule has 160 valence electrons. The molecule has 1 saturated heterocycles. The van der Waals surface area contributed by atoms with Gasteiger partial charge in [0.05, 0.1) is 4.88 Å². The van der Waals surface area contributed by atoms with Crippen LogP contribution in [0.5, 0.6) is 0 Å². The van der Waals surface area contributed by atoms with Crippen molar-refractivity contribution >= 4 is 40.6 Å². The van der Waals surface area contributed by atoms with E-state index in [1.54, 1.807) is 11.8 Å². The maximum atomic E-state index is 12.7. The van der Waals surface area contributed by atoms with Gasteiger partial charge in [-0.3, -0.25) is 9.59 Å². The van der Waals surface area contributed by atoms with Gasteiger partial charge in [0.1, 0.15) is 0 Å². The summed E-state index contributed by atoms with van der Waals surface area (Å²) in [5.74, 6) is 0.0560. The number of nitrogens with zero attached hydrogens (tertiary/aromatic N) is 1. The van der Waals surface area contributed by atoms with E-state index >= 15 is 0 Å². The summed E-state index contributed by atoms with van der Waals surface area (Å²) in [5.41, 5.74) is 3.40. The molecule has 0 aliphatic carbocycles. The van der Waals surface area contributed by atoms with Crippen molar-refractivity contribution in [1.29, 1.82) is 0 Å². The zero-order chi connectivity index (χ0) is 21.8. The minimum absolute atomic E-state index is 0.0396. The standard InChI is InChI=1S/C25H26N2O2S2/c1-17-5-8-22(16-18(17)2)31-21-9-6-20(7-10-21)26-24(28)19-11-13-27(14-12-19)25(29)23-4-3-15-30-23/h3-10,15-16,19H,11-14H2,1-2H3,(H,26,28). The number of anilines is 1. The number of nitrogens with one attached hydrogen (secondary N) is 1. The SMILES string of the molecule is Cc1ccc(Sc2ccc(NC(=O)C3CCN(C(=O)c4cccs4)CC3)cc2)cc1C. The van der Waals surface area contributed by atoms with E-state index in [0.717, 1.165) is 15.5 Å². The quantitative estimate of drug-likeness (QED) is 0.518. The third kappa shape index (κ3) is 5.38. The fourth-order valence-corrected chi connectivity index (χ4v) is 5.27. The lowest BCUT2D eigenvalue weighted by Gasteiger charge is -2.31. The molecule has 0 radical (unpaired) electrons. The van der Waals surface area contributed by atoms with Gasteiger partial charge in [0.2, 0.25) is 5.91 Å². The molecule has 0 atom stereocenters. The highest BCUT2D eigenvalue weighted by Crippen LogP contribution is 2.30. The highest BCUT2D eigenvalue weighted by molar-refractivity contribution is 7.99. The summed E-state index contributed by atoms with van der Waals surface area (Å²) in [6, 6.07) is 18.2. The van der Waals surface area contributed by atoms with Crippen molar-refractivity contribution in [3.8, 4) is 0 Å². The Kier molecular flexibility index (Phi) is 6.78. The number of piperidine rings is 1. The molecule has 4 nitrogen and oxygen atoms in total. The maximum absolute atomic E-state index is 12.7. The van der Waals surface area contributed by atoms with Crippen LogP contribution in [0.25, 0.3) is 0 Å². The monoisotopic (exact) mass is 450 g/mol.